The Morgan fingerprint density at radius 1 is 1.45 bits per heavy atom. The summed E-state index contributed by atoms with van der Waals surface area (Å²) in [5.74, 6) is 0.0257. The molecule has 0 aromatic carbocycles. The first-order valence-corrected chi connectivity index (χ1v) is 8.24. The van der Waals surface area contributed by atoms with Crippen molar-refractivity contribution < 1.29 is 9.90 Å². The molecule has 0 amide bonds. The number of nitrogens with zero attached hydrogens (tertiary/aromatic N) is 2. The molecule has 2 fully saturated rings. The largest absolute Gasteiger partial charge is 0.480 e. The van der Waals surface area contributed by atoms with Gasteiger partial charge in [0.05, 0.1) is 12.2 Å². The zero-order chi connectivity index (χ0) is 15.5. The molecule has 0 bridgehead atoms. The van der Waals surface area contributed by atoms with Gasteiger partial charge in [-0.3, -0.25) is 14.7 Å². The molecule has 22 heavy (non-hydrogen) atoms. The van der Waals surface area contributed by atoms with Gasteiger partial charge in [-0.15, -0.1) is 0 Å². The second kappa shape index (κ2) is 6.75. The highest BCUT2D eigenvalue weighted by molar-refractivity contribution is 5.69. The Bertz CT molecular complexity index is 498. The minimum absolute atomic E-state index is 0.184. The van der Waals surface area contributed by atoms with E-state index < -0.39 is 5.97 Å². The Morgan fingerprint density at radius 2 is 2.23 bits per heavy atom. The summed E-state index contributed by atoms with van der Waals surface area (Å²) in [6, 6.07) is 7.11. The van der Waals surface area contributed by atoms with Gasteiger partial charge in [0.2, 0.25) is 0 Å². The molecule has 5 heteroatoms. The van der Waals surface area contributed by atoms with E-state index in [0.717, 1.165) is 31.0 Å². The predicted molar refractivity (Wildman–Crippen MR) is 84.5 cm³/mol. The molecule has 2 N–H and O–H groups in total. The molecular weight excluding hydrogens is 278 g/mol. The van der Waals surface area contributed by atoms with E-state index in [4.69, 9.17) is 5.11 Å². The SMILES string of the molecule is CC(NC1CC(N(CC(=O)O)CC2CC2)C1)c1ccccn1. The summed E-state index contributed by atoms with van der Waals surface area (Å²) in [5.41, 5.74) is 1.06. The highest BCUT2D eigenvalue weighted by Gasteiger charge is 2.37. The lowest BCUT2D eigenvalue weighted by molar-refractivity contribution is -0.139. The third kappa shape index (κ3) is 4.05. The zero-order valence-corrected chi connectivity index (χ0v) is 13.1. The van der Waals surface area contributed by atoms with Crippen LogP contribution in [-0.4, -0.2) is 46.1 Å². The molecule has 0 spiro atoms. The summed E-state index contributed by atoms with van der Waals surface area (Å²) in [6.07, 6.45) is 6.43. The van der Waals surface area contributed by atoms with Crippen LogP contribution in [0, 0.1) is 5.92 Å². The number of carboxylic acids is 1. The molecule has 0 radical (unpaired) electrons. The monoisotopic (exact) mass is 303 g/mol. The number of hydrogen-bond acceptors (Lipinski definition) is 4. The topological polar surface area (TPSA) is 65.5 Å². The van der Waals surface area contributed by atoms with E-state index in [-0.39, 0.29) is 12.6 Å². The summed E-state index contributed by atoms with van der Waals surface area (Å²) in [7, 11) is 0. The molecule has 0 saturated heterocycles. The van der Waals surface area contributed by atoms with Crippen LogP contribution in [0.25, 0.3) is 0 Å². The fourth-order valence-corrected chi connectivity index (χ4v) is 3.24. The maximum atomic E-state index is 11.0. The van der Waals surface area contributed by atoms with Crippen molar-refractivity contribution >= 4 is 5.97 Å². The second-order valence-corrected chi connectivity index (χ2v) is 6.73. The molecule has 1 heterocycles. The van der Waals surface area contributed by atoms with E-state index in [1.54, 1.807) is 0 Å². The number of rotatable bonds is 8. The molecule has 3 rings (SSSR count). The Hall–Kier alpha value is -1.46. The predicted octanol–water partition coefficient (Wildman–Crippen LogP) is 2.06. The lowest BCUT2D eigenvalue weighted by Crippen LogP contribution is -2.54. The van der Waals surface area contributed by atoms with Gasteiger partial charge < -0.3 is 10.4 Å². The first-order valence-electron chi connectivity index (χ1n) is 8.24. The smallest absolute Gasteiger partial charge is 0.317 e. The summed E-state index contributed by atoms with van der Waals surface area (Å²) >= 11 is 0. The number of aromatic nitrogens is 1. The van der Waals surface area contributed by atoms with E-state index in [1.807, 2.05) is 24.4 Å². The highest BCUT2D eigenvalue weighted by Crippen LogP contribution is 2.34. The number of carbonyl (C=O) groups is 1. The van der Waals surface area contributed by atoms with Gasteiger partial charge in [-0.1, -0.05) is 6.07 Å². The standard InChI is InChI=1S/C17H25N3O2/c1-12(16-4-2-3-7-18-16)19-14-8-15(9-14)20(11-17(21)22)10-13-5-6-13/h2-4,7,12-15,19H,5-6,8-11H2,1H3,(H,21,22). The van der Waals surface area contributed by atoms with Gasteiger partial charge in [0, 0.05) is 30.9 Å². The van der Waals surface area contributed by atoms with Crippen LogP contribution < -0.4 is 5.32 Å². The van der Waals surface area contributed by atoms with Gasteiger partial charge in [-0.05, 0) is 50.7 Å². The van der Waals surface area contributed by atoms with Crippen LogP contribution in [0.4, 0.5) is 0 Å². The number of nitrogens with one attached hydrogen (secondary N) is 1. The van der Waals surface area contributed by atoms with E-state index >= 15 is 0 Å². The van der Waals surface area contributed by atoms with Crippen molar-refractivity contribution in [3.05, 3.63) is 30.1 Å². The third-order valence-corrected chi connectivity index (χ3v) is 4.77. The molecular formula is C17H25N3O2. The van der Waals surface area contributed by atoms with Crippen LogP contribution >= 0.6 is 0 Å². The Balaban J connectivity index is 1.46. The lowest BCUT2D eigenvalue weighted by Gasteiger charge is -2.43. The summed E-state index contributed by atoms with van der Waals surface area (Å²) in [4.78, 5) is 17.6. The molecule has 1 aromatic rings. The van der Waals surface area contributed by atoms with Gasteiger partial charge in [-0.2, -0.15) is 0 Å². The average molecular weight is 303 g/mol. The van der Waals surface area contributed by atoms with Gasteiger partial charge in [0.15, 0.2) is 0 Å². The fraction of sp³-hybridized carbons (Fsp3) is 0.647. The van der Waals surface area contributed by atoms with Crippen molar-refractivity contribution in [3.8, 4) is 0 Å². The third-order valence-electron chi connectivity index (χ3n) is 4.77. The molecule has 2 aliphatic carbocycles. The summed E-state index contributed by atoms with van der Waals surface area (Å²) < 4.78 is 0. The summed E-state index contributed by atoms with van der Waals surface area (Å²) in [5, 5.41) is 12.7. The van der Waals surface area contributed by atoms with Crippen LogP contribution in [-0.2, 0) is 4.79 Å². The van der Waals surface area contributed by atoms with Crippen LogP contribution in [0.1, 0.15) is 44.3 Å². The van der Waals surface area contributed by atoms with Crippen molar-refractivity contribution in [1.29, 1.82) is 0 Å². The van der Waals surface area contributed by atoms with Gasteiger partial charge >= 0.3 is 5.97 Å². The maximum Gasteiger partial charge on any atom is 0.317 e. The van der Waals surface area contributed by atoms with E-state index in [1.165, 1.54) is 12.8 Å². The molecule has 1 unspecified atom stereocenters. The first kappa shape index (κ1) is 15.4. The first-order chi connectivity index (χ1) is 10.6. The van der Waals surface area contributed by atoms with Crippen LogP contribution in [0.15, 0.2) is 24.4 Å². The van der Waals surface area contributed by atoms with Crippen molar-refractivity contribution in [1.82, 2.24) is 15.2 Å². The van der Waals surface area contributed by atoms with Crippen molar-refractivity contribution in [2.24, 2.45) is 5.92 Å². The van der Waals surface area contributed by atoms with Crippen LogP contribution in [0.3, 0.4) is 0 Å². The summed E-state index contributed by atoms with van der Waals surface area (Å²) in [6.45, 7) is 3.28. The lowest BCUT2D eigenvalue weighted by atomic mass is 9.84. The van der Waals surface area contributed by atoms with Crippen molar-refractivity contribution in [2.75, 3.05) is 13.1 Å². The molecule has 2 saturated carbocycles. The highest BCUT2D eigenvalue weighted by atomic mass is 16.4. The van der Waals surface area contributed by atoms with Crippen molar-refractivity contribution in [2.45, 2.75) is 50.7 Å². The molecule has 0 aliphatic heterocycles. The van der Waals surface area contributed by atoms with Gasteiger partial charge in [-0.25, -0.2) is 0 Å². The number of carboxylic acid groups (broad SMARTS) is 1. The number of aliphatic carboxylic acids is 1. The van der Waals surface area contributed by atoms with Gasteiger partial charge in [0.25, 0.3) is 0 Å². The van der Waals surface area contributed by atoms with E-state index in [2.05, 4.69) is 22.1 Å². The minimum Gasteiger partial charge on any atom is -0.480 e. The van der Waals surface area contributed by atoms with Crippen LogP contribution in [0.2, 0.25) is 0 Å². The normalized spacial score (nSPS) is 25.7. The Kier molecular flexibility index (Phi) is 4.74. The fourth-order valence-electron chi connectivity index (χ4n) is 3.24. The van der Waals surface area contributed by atoms with E-state index in [9.17, 15) is 4.79 Å². The minimum atomic E-state index is -0.709. The molecule has 2 aliphatic rings. The Labute approximate surface area is 131 Å². The Morgan fingerprint density at radius 3 is 2.82 bits per heavy atom. The molecule has 5 nitrogen and oxygen atoms in total. The number of pyridine rings is 1. The molecule has 1 atom stereocenters. The molecule has 120 valence electrons. The quantitative estimate of drug-likeness (QED) is 0.769. The van der Waals surface area contributed by atoms with Gasteiger partial charge in [0.1, 0.15) is 0 Å². The zero-order valence-electron chi connectivity index (χ0n) is 13.1. The average Bonchev–Trinajstić information content (AvgIpc) is 3.26. The number of hydrogen-bond donors (Lipinski definition) is 2. The molecule has 1 aromatic heterocycles. The van der Waals surface area contributed by atoms with E-state index in [0.29, 0.717) is 12.1 Å². The van der Waals surface area contributed by atoms with Crippen LogP contribution in [0.5, 0.6) is 0 Å². The maximum absolute atomic E-state index is 11.0. The van der Waals surface area contributed by atoms with Crippen molar-refractivity contribution in [3.63, 3.8) is 0 Å². The second-order valence-electron chi connectivity index (χ2n) is 6.73.